The monoisotopic (exact) mass is 273 g/mol. The first kappa shape index (κ1) is 12.7. The number of pyridine rings is 1. The van der Waals surface area contributed by atoms with E-state index >= 15 is 0 Å². The van der Waals surface area contributed by atoms with Gasteiger partial charge in [-0.15, -0.1) is 0 Å². The van der Waals surface area contributed by atoms with Gasteiger partial charge in [-0.05, 0) is 18.4 Å². The Kier molecular flexibility index (Phi) is 4.24. The lowest BCUT2D eigenvalue weighted by Crippen LogP contribution is -2.15. The van der Waals surface area contributed by atoms with Crippen molar-refractivity contribution in [1.29, 1.82) is 0 Å². The molecule has 0 radical (unpaired) electrons. The van der Waals surface area contributed by atoms with Crippen LogP contribution in [0.1, 0.15) is 36.0 Å². The van der Waals surface area contributed by atoms with Crippen molar-refractivity contribution in [3.05, 3.63) is 28.0 Å². The summed E-state index contributed by atoms with van der Waals surface area (Å²) >= 11 is 11.5. The molecule has 17 heavy (non-hydrogen) atoms. The molecule has 0 unspecified atom stereocenters. The highest BCUT2D eigenvalue weighted by molar-refractivity contribution is 6.34. The summed E-state index contributed by atoms with van der Waals surface area (Å²) in [4.78, 5) is 15.5. The molecule has 1 fully saturated rings. The summed E-state index contributed by atoms with van der Waals surface area (Å²) in [7, 11) is 0. The number of nitrogens with zero attached hydrogens (tertiary/aromatic N) is 1. The van der Waals surface area contributed by atoms with Crippen LogP contribution in [0, 0.1) is 5.92 Å². The van der Waals surface area contributed by atoms with E-state index in [4.69, 9.17) is 27.9 Å². The summed E-state index contributed by atoms with van der Waals surface area (Å²) in [5.41, 5.74) is 0.278. The van der Waals surface area contributed by atoms with Gasteiger partial charge in [0.1, 0.15) is 5.15 Å². The Morgan fingerprint density at radius 3 is 2.88 bits per heavy atom. The van der Waals surface area contributed by atoms with E-state index in [1.807, 2.05) is 0 Å². The maximum Gasteiger partial charge on any atom is 0.339 e. The van der Waals surface area contributed by atoms with Crippen molar-refractivity contribution in [2.75, 3.05) is 6.61 Å². The molecular weight excluding hydrogens is 261 g/mol. The number of halogens is 2. The first-order valence-corrected chi connectivity index (χ1v) is 6.40. The highest BCUT2D eigenvalue weighted by Crippen LogP contribution is 2.29. The molecule has 1 aliphatic rings. The van der Waals surface area contributed by atoms with E-state index in [9.17, 15) is 4.79 Å². The van der Waals surface area contributed by atoms with Crippen LogP contribution >= 0.6 is 23.2 Å². The average Bonchev–Trinajstić information content (AvgIpc) is 2.25. The van der Waals surface area contributed by atoms with Gasteiger partial charge in [0.05, 0.1) is 17.2 Å². The van der Waals surface area contributed by atoms with E-state index in [1.165, 1.54) is 31.5 Å². The lowest BCUT2D eigenvalue weighted by molar-refractivity contribution is 0.0464. The molecular formula is C12H13Cl2NO2. The first-order valence-electron chi connectivity index (χ1n) is 5.65. The number of esters is 1. The number of aromatic nitrogens is 1. The van der Waals surface area contributed by atoms with Gasteiger partial charge in [0.25, 0.3) is 0 Å². The van der Waals surface area contributed by atoms with Crippen LogP contribution in [0.4, 0.5) is 0 Å². The quantitative estimate of drug-likeness (QED) is 0.620. The molecule has 0 N–H and O–H groups in total. The van der Waals surface area contributed by atoms with Crippen molar-refractivity contribution in [2.24, 2.45) is 5.92 Å². The fourth-order valence-corrected chi connectivity index (χ4v) is 2.09. The van der Waals surface area contributed by atoms with Gasteiger partial charge in [0.2, 0.25) is 0 Å². The summed E-state index contributed by atoms with van der Waals surface area (Å²) in [5.74, 6) is 0.290. The van der Waals surface area contributed by atoms with Gasteiger partial charge in [0, 0.05) is 6.20 Å². The predicted molar refractivity (Wildman–Crippen MR) is 66.5 cm³/mol. The number of carbonyl (C=O) groups is 1. The van der Waals surface area contributed by atoms with Crippen molar-refractivity contribution in [1.82, 2.24) is 4.98 Å². The normalized spacial score (nSPS) is 15.4. The molecule has 1 saturated carbocycles. The summed E-state index contributed by atoms with van der Waals surface area (Å²) in [6, 6.07) is 1.43. The molecule has 2 rings (SSSR count). The Morgan fingerprint density at radius 1 is 1.47 bits per heavy atom. The molecule has 0 aliphatic heterocycles. The maximum absolute atomic E-state index is 11.7. The molecule has 0 amide bonds. The number of carbonyl (C=O) groups excluding carboxylic acids is 1. The zero-order valence-corrected chi connectivity index (χ0v) is 10.8. The van der Waals surface area contributed by atoms with Crippen LogP contribution in [-0.4, -0.2) is 17.6 Å². The van der Waals surface area contributed by atoms with Gasteiger partial charge < -0.3 is 4.74 Å². The van der Waals surface area contributed by atoms with Crippen molar-refractivity contribution < 1.29 is 9.53 Å². The van der Waals surface area contributed by atoms with Gasteiger partial charge in [-0.1, -0.05) is 42.5 Å². The second-order valence-corrected chi connectivity index (χ2v) is 5.00. The Morgan fingerprint density at radius 2 is 2.24 bits per heavy atom. The van der Waals surface area contributed by atoms with Gasteiger partial charge in [-0.3, -0.25) is 0 Å². The summed E-state index contributed by atoms with van der Waals surface area (Å²) in [6.07, 6.45) is 6.08. The molecule has 0 atom stereocenters. The van der Waals surface area contributed by atoms with Gasteiger partial charge >= 0.3 is 5.97 Å². The standard InChI is InChI=1S/C12H13Cl2NO2/c13-10-7-15-11(14)6-9(10)12(16)17-5-4-8-2-1-3-8/h6-8H,1-5H2. The van der Waals surface area contributed by atoms with Crippen LogP contribution < -0.4 is 0 Å². The van der Waals surface area contributed by atoms with E-state index in [-0.39, 0.29) is 15.7 Å². The van der Waals surface area contributed by atoms with E-state index < -0.39 is 5.97 Å². The SMILES string of the molecule is O=C(OCCC1CCC1)c1cc(Cl)ncc1Cl. The summed E-state index contributed by atoms with van der Waals surface area (Å²) < 4.78 is 5.16. The van der Waals surface area contributed by atoms with Crippen LogP contribution in [0.3, 0.4) is 0 Å². The Balaban J connectivity index is 1.87. The molecule has 1 aliphatic carbocycles. The van der Waals surface area contributed by atoms with Crippen LogP contribution in [0.15, 0.2) is 12.3 Å². The zero-order chi connectivity index (χ0) is 12.3. The molecule has 0 spiro atoms. The maximum atomic E-state index is 11.7. The smallest absolute Gasteiger partial charge is 0.339 e. The highest BCUT2D eigenvalue weighted by atomic mass is 35.5. The summed E-state index contributed by atoms with van der Waals surface area (Å²) in [6.45, 7) is 0.444. The van der Waals surface area contributed by atoms with E-state index in [1.54, 1.807) is 0 Å². The largest absolute Gasteiger partial charge is 0.462 e. The van der Waals surface area contributed by atoms with E-state index in [0.717, 1.165) is 12.3 Å². The van der Waals surface area contributed by atoms with Crippen molar-refractivity contribution in [2.45, 2.75) is 25.7 Å². The minimum absolute atomic E-state index is 0.236. The molecule has 1 aromatic heterocycles. The number of hydrogen-bond donors (Lipinski definition) is 0. The molecule has 0 bridgehead atoms. The van der Waals surface area contributed by atoms with Crippen LogP contribution in [0.25, 0.3) is 0 Å². The number of rotatable bonds is 4. The Hall–Kier alpha value is -0.800. The molecule has 1 aromatic rings. The molecule has 0 saturated heterocycles. The van der Waals surface area contributed by atoms with Crippen LogP contribution in [-0.2, 0) is 4.74 Å². The van der Waals surface area contributed by atoms with Crippen LogP contribution in [0.5, 0.6) is 0 Å². The fraction of sp³-hybridized carbons (Fsp3) is 0.500. The molecule has 3 nitrogen and oxygen atoms in total. The highest BCUT2D eigenvalue weighted by Gasteiger charge is 2.18. The second kappa shape index (κ2) is 5.69. The molecule has 5 heteroatoms. The minimum atomic E-state index is -0.432. The predicted octanol–water partition coefficient (Wildman–Crippen LogP) is 3.74. The third-order valence-electron chi connectivity index (χ3n) is 3.03. The third-order valence-corrected chi connectivity index (χ3v) is 3.53. The zero-order valence-electron chi connectivity index (χ0n) is 9.29. The first-order chi connectivity index (χ1) is 8.16. The summed E-state index contributed by atoms with van der Waals surface area (Å²) in [5, 5.41) is 0.503. The fourth-order valence-electron chi connectivity index (χ4n) is 1.75. The number of hydrogen-bond acceptors (Lipinski definition) is 3. The molecule has 92 valence electrons. The lowest BCUT2D eigenvalue weighted by Gasteiger charge is -2.24. The Bertz CT molecular complexity index is 419. The van der Waals surface area contributed by atoms with Gasteiger partial charge in [0.15, 0.2) is 0 Å². The third kappa shape index (κ3) is 3.33. The number of ether oxygens (including phenoxy) is 1. The van der Waals surface area contributed by atoms with E-state index in [0.29, 0.717) is 6.61 Å². The molecule has 0 aromatic carbocycles. The van der Waals surface area contributed by atoms with Crippen LogP contribution in [0.2, 0.25) is 10.2 Å². The topological polar surface area (TPSA) is 39.2 Å². The second-order valence-electron chi connectivity index (χ2n) is 4.21. The van der Waals surface area contributed by atoms with Crippen molar-refractivity contribution >= 4 is 29.2 Å². The van der Waals surface area contributed by atoms with Crippen molar-refractivity contribution in [3.63, 3.8) is 0 Å². The van der Waals surface area contributed by atoms with Gasteiger partial charge in [-0.25, -0.2) is 9.78 Å². The van der Waals surface area contributed by atoms with E-state index in [2.05, 4.69) is 4.98 Å². The minimum Gasteiger partial charge on any atom is -0.462 e. The van der Waals surface area contributed by atoms with Crippen molar-refractivity contribution in [3.8, 4) is 0 Å². The van der Waals surface area contributed by atoms with Gasteiger partial charge in [-0.2, -0.15) is 0 Å². The lowest BCUT2D eigenvalue weighted by atomic mass is 9.83. The Labute approximate surface area is 110 Å². The molecule has 1 heterocycles. The average molecular weight is 274 g/mol.